The lowest BCUT2D eigenvalue weighted by Gasteiger charge is -2.10. The Morgan fingerprint density at radius 1 is 1.21 bits per heavy atom. The zero-order chi connectivity index (χ0) is 13.4. The molecule has 0 atom stereocenters. The number of rotatable bonds is 2. The molecule has 0 amide bonds. The van der Waals surface area contributed by atoms with Crippen LogP contribution in [0.4, 0.5) is 5.69 Å². The second kappa shape index (κ2) is 4.24. The zero-order valence-corrected chi connectivity index (χ0v) is 10.7. The van der Waals surface area contributed by atoms with E-state index in [4.69, 9.17) is 10.5 Å². The Morgan fingerprint density at radius 3 is 2.89 bits per heavy atom. The monoisotopic (exact) mass is 255 g/mol. The molecular weight excluding hydrogens is 242 g/mol. The van der Waals surface area contributed by atoms with Crippen molar-refractivity contribution in [3.8, 4) is 11.6 Å². The maximum Gasteiger partial charge on any atom is 0.265 e. The first-order valence-electron chi connectivity index (χ1n) is 5.84. The molecule has 96 valence electrons. The smallest absolute Gasteiger partial charge is 0.265 e. The Labute approximate surface area is 109 Å². The lowest BCUT2D eigenvalue weighted by Crippen LogP contribution is -1.97. The molecule has 6 heteroatoms. The van der Waals surface area contributed by atoms with Gasteiger partial charge in [-0.2, -0.15) is 0 Å². The fourth-order valence-corrected chi connectivity index (χ4v) is 1.83. The third kappa shape index (κ3) is 1.97. The summed E-state index contributed by atoms with van der Waals surface area (Å²) in [5.41, 5.74) is 9.10. The van der Waals surface area contributed by atoms with Crippen LogP contribution in [0.3, 0.4) is 0 Å². The molecule has 0 spiro atoms. The van der Waals surface area contributed by atoms with Gasteiger partial charge in [0.2, 0.25) is 5.65 Å². The van der Waals surface area contributed by atoms with E-state index in [1.807, 2.05) is 26.0 Å². The van der Waals surface area contributed by atoms with Crippen molar-refractivity contribution in [1.82, 2.24) is 19.6 Å². The second-order valence-corrected chi connectivity index (χ2v) is 4.37. The second-order valence-electron chi connectivity index (χ2n) is 4.37. The van der Waals surface area contributed by atoms with Crippen LogP contribution < -0.4 is 10.5 Å². The molecule has 0 unspecified atom stereocenters. The molecule has 3 rings (SSSR count). The van der Waals surface area contributed by atoms with Crippen LogP contribution in [0.1, 0.15) is 11.1 Å². The maximum atomic E-state index is 5.86. The van der Waals surface area contributed by atoms with Crippen LogP contribution >= 0.6 is 0 Å². The van der Waals surface area contributed by atoms with Gasteiger partial charge in [-0.25, -0.2) is 4.98 Å². The molecule has 0 radical (unpaired) electrons. The van der Waals surface area contributed by atoms with E-state index in [0.717, 1.165) is 22.6 Å². The Morgan fingerprint density at radius 2 is 2.05 bits per heavy atom. The summed E-state index contributed by atoms with van der Waals surface area (Å²) in [4.78, 5) is 4.19. The fraction of sp³-hybridized carbons (Fsp3) is 0.154. The normalized spacial score (nSPS) is 10.8. The summed E-state index contributed by atoms with van der Waals surface area (Å²) in [5, 5.41) is 7.82. The topological polar surface area (TPSA) is 78.3 Å². The molecule has 2 heterocycles. The van der Waals surface area contributed by atoms with Gasteiger partial charge in [0.05, 0.1) is 0 Å². The van der Waals surface area contributed by atoms with Gasteiger partial charge in [0, 0.05) is 18.1 Å². The largest absolute Gasteiger partial charge is 0.436 e. The van der Waals surface area contributed by atoms with Gasteiger partial charge in [-0.1, -0.05) is 0 Å². The number of anilines is 1. The zero-order valence-electron chi connectivity index (χ0n) is 10.7. The highest BCUT2D eigenvalue weighted by Gasteiger charge is 2.10. The third-order valence-corrected chi connectivity index (χ3v) is 2.95. The highest BCUT2D eigenvalue weighted by molar-refractivity contribution is 5.56. The minimum absolute atomic E-state index is 0.423. The Hall–Kier alpha value is -2.63. The molecule has 0 saturated carbocycles. The lowest BCUT2D eigenvalue weighted by molar-refractivity contribution is 0.461. The van der Waals surface area contributed by atoms with Crippen molar-refractivity contribution in [2.24, 2.45) is 0 Å². The van der Waals surface area contributed by atoms with Crippen LogP contribution in [0.15, 0.2) is 30.9 Å². The molecule has 0 aliphatic rings. The summed E-state index contributed by atoms with van der Waals surface area (Å²) in [6.07, 6.45) is 5.01. The molecule has 0 saturated heterocycles. The van der Waals surface area contributed by atoms with Crippen molar-refractivity contribution in [2.45, 2.75) is 13.8 Å². The van der Waals surface area contributed by atoms with Gasteiger partial charge in [0.15, 0.2) is 0 Å². The van der Waals surface area contributed by atoms with Gasteiger partial charge >= 0.3 is 0 Å². The SMILES string of the molecule is Cc1cc(Oc2nccn3cnnc23)c(C)cc1N. The number of hydrogen-bond donors (Lipinski definition) is 1. The van der Waals surface area contributed by atoms with Crippen LogP contribution in [0.5, 0.6) is 11.6 Å². The van der Waals surface area contributed by atoms with E-state index in [0.29, 0.717) is 11.5 Å². The number of nitrogen functional groups attached to an aromatic ring is 1. The summed E-state index contributed by atoms with van der Waals surface area (Å²) < 4.78 is 7.58. The molecule has 0 aliphatic carbocycles. The van der Waals surface area contributed by atoms with Crippen LogP contribution in [-0.2, 0) is 0 Å². The fourth-order valence-electron chi connectivity index (χ4n) is 1.83. The third-order valence-electron chi connectivity index (χ3n) is 2.95. The first-order valence-corrected chi connectivity index (χ1v) is 5.84. The number of aryl methyl sites for hydroxylation is 2. The highest BCUT2D eigenvalue weighted by Crippen LogP contribution is 2.29. The number of nitrogens with zero attached hydrogens (tertiary/aromatic N) is 4. The van der Waals surface area contributed by atoms with Crippen molar-refractivity contribution in [3.63, 3.8) is 0 Å². The number of nitrogens with two attached hydrogens (primary N) is 1. The summed E-state index contributed by atoms with van der Waals surface area (Å²) >= 11 is 0. The van der Waals surface area contributed by atoms with Crippen LogP contribution in [0.25, 0.3) is 5.65 Å². The average Bonchev–Trinajstić information content (AvgIpc) is 2.85. The van der Waals surface area contributed by atoms with Crippen LogP contribution in [0.2, 0.25) is 0 Å². The van der Waals surface area contributed by atoms with Crippen molar-refractivity contribution in [3.05, 3.63) is 42.0 Å². The standard InChI is InChI=1S/C13H13N5O/c1-8-6-11(9(2)5-10(8)14)19-13-12-17-16-7-18(12)4-3-15-13/h3-7H,14H2,1-2H3. The van der Waals surface area contributed by atoms with Crippen molar-refractivity contribution in [2.75, 3.05) is 5.73 Å². The van der Waals surface area contributed by atoms with Gasteiger partial charge in [-0.15, -0.1) is 10.2 Å². The molecule has 1 aromatic carbocycles. The number of benzene rings is 1. The Balaban J connectivity index is 2.06. The van der Waals surface area contributed by atoms with Crippen molar-refractivity contribution in [1.29, 1.82) is 0 Å². The van der Waals surface area contributed by atoms with E-state index in [1.165, 1.54) is 0 Å². The number of hydrogen-bond acceptors (Lipinski definition) is 5. The summed E-state index contributed by atoms with van der Waals surface area (Å²) in [6, 6.07) is 3.78. The predicted octanol–water partition coefficient (Wildman–Crippen LogP) is 2.12. The van der Waals surface area contributed by atoms with E-state index < -0.39 is 0 Å². The summed E-state index contributed by atoms with van der Waals surface area (Å²) in [6.45, 7) is 3.88. The molecule has 3 aromatic rings. The van der Waals surface area contributed by atoms with Gasteiger partial charge in [-0.05, 0) is 37.1 Å². The summed E-state index contributed by atoms with van der Waals surface area (Å²) in [5.74, 6) is 1.14. The minimum Gasteiger partial charge on any atom is -0.436 e. The van der Waals surface area contributed by atoms with Crippen molar-refractivity contribution < 1.29 is 4.74 Å². The molecule has 2 N–H and O–H groups in total. The molecule has 0 aliphatic heterocycles. The highest BCUT2D eigenvalue weighted by atomic mass is 16.5. The Bertz CT molecular complexity index is 750. The van der Waals surface area contributed by atoms with Gasteiger partial charge in [0.25, 0.3) is 5.88 Å². The lowest BCUT2D eigenvalue weighted by atomic mass is 10.1. The van der Waals surface area contributed by atoms with E-state index in [1.54, 1.807) is 23.1 Å². The first kappa shape index (κ1) is 11.5. The molecule has 19 heavy (non-hydrogen) atoms. The predicted molar refractivity (Wildman–Crippen MR) is 71.2 cm³/mol. The molecular formula is C13H13N5O. The quantitative estimate of drug-likeness (QED) is 0.709. The maximum absolute atomic E-state index is 5.86. The average molecular weight is 255 g/mol. The van der Waals surface area contributed by atoms with Crippen molar-refractivity contribution >= 4 is 11.3 Å². The first-order chi connectivity index (χ1) is 9.15. The van der Waals surface area contributed by atoms with E-state index in [-0.39, 0.29) is 0 Å². The van der Waals surface area contributed by atoms with Gasteiger partial charge in [0.1, 0.15) is 12.1 Å². The van der Waals surface area contributed by atoms with E-state index in [9.17, 15) is 0 Å². The number of ether oxygens (including phenoxy) is 1. The van der Waals surface area contributed by atoms with E-state index in [2.05, 4.69) is 15.2 Å². The Kier molecular flexibility index (Phi) is 2.56. The molecule has 2 aromatic heterocycles. The number of aromatic nitrogens is 4. The molecule has 0 fully saturated rings. The minimum atomic E-state index is 0.423. The summed E-state index contributed by atoms with van der Waals surface area (Å²) in [7, 11) is 0. The number of fused-ring (bicyclic) bond motifs is 1. The van der Waals surface area contributed by atoms with Gasteiger partial charge < -0.3 is 10.5 Å². The van der Waals surface area contributed by atoms with Gasteiger partial charge in [-0.3, -0.25) is 4.40 Å². The molecule has 0 bridgehead atoms. The van der Waals surface area contributed by atoms with Crippen LogP contribution in [0, 0.1) is 13.8 Å². The van der Waals surface area contributed by atoms with E-state index >= 15 is 0 Å². The molecule has 6 nitrogen and oxygen atoms in total. The van der Waals surface area contributed by atoms with Crippen LogP contribution in [-0.4, -0.2) is 19.6 Å².